The van der Waals surface area contributed by atoms with Crippen LogP contribution in [-0.2, 0) is 10.0 Å². The molecule has 0 aromatic heterocycles. The summed E-state index contributed by atoms with van der Waals surface area (Å²) in [6, 6.07) is 4.47. The SMILES string of the molecule is CCC(O)(CC)CNS(=O)(=O)c1c(Cl)cccc1Cl. The third-order valence-corrected chi connectivity index (χ3v) is 5.45. The average molecular weight is 326 g/mol. The molecule has 0 heterocycles. The van der Waals surface area contributed by atoms with Gasteiger partial charge in [-0.05, 0) is 25.0 Å². The standard InChI is InChI=1S/C12H17Cl2NO3S/c1-3-12(16,4-2)8-15-19(17,18)11-9(13)6-5-7-10(11)14/h5-7,15-16H,3-4,8H2,1-2H3. The van der Waals surface area contributed by atoms with Crippen molar-refractivity contribution in [1.82, 2.24) is 4.72 Å². The molecule has 0 aliphatic heterocycles. The van der Waals surface area contributed by atoms with Gasteiger partial charge in [-0.1, -0.05) is 43.1 Å². The minimum atomic E-state index is -3.85. The summed E-state index contributed by atoms with van der Waals surface area (Å²) in [4.78, 5) is -0.159. The molecule has 0 bridgehead atoms. The summed E-state index contributed by atoms with van der Waals surface area (Å²) in [6.45, 7) is 3.50. The molecule has 0 spiro atoms. The monoisotopic (exact) mass is 325 g/mol. The Morgan fingerprint density at radius 2 is 1.68 bits per heavy atom. The minimum Gasteiger partial charge on any atom is -0.389 e. The second-order valence-electron chi connectivity index (χ2n) is 4.31. The van der Waals surface area contributed by atoms with E-state index in [2.05, 4.69) is 4.72 Å². The molecule has 1 rings (SSSR count). The molecule has 4 nitrogen and oxygen atoms in total. The first kappa shape index (κ1) is 16.7. The van der Waals surface area contributed by atoms with Gasteiger partial charge in [-0.2, -0.15) is 0 Å². The number of aliphatic hydroxyl groups is 1. The third kappa shape index (κ3) is 4.07. The molecule has 19 heavy (non-hydrogen) atoms. The van der Waals surface area contributed by atoms with E-state index in [9.17, 15) is 13.5 Å². The van der Waals surface area contributed by atoms with E-state index in [0.29, 0.717) is 12.8 Å². The maximum Gasteiger partial charge on any atom is 0.243 e. The second-order valence-corrected chi connectivity index (χ2v) is 6.82. The van der Waals surface area contributed by atoms with Crippen molar-refractivity contribution in [2.75, 3.05) is 6.54 Å². The first-order valence-electron chi connectivity index (χ1n) is 5.92. The summed E-state index contributed by atoms with van der Waals surface area (Å²) < 4.78 is 26.7. The van der Waals surface area contributed by atoms with Gasteiger partial charge in [-0.3, -0.25) is 0 Å². The lowest BCUT2D eigenvalue weighted by atomic mass is 9.98. The molecule has 1 aromatic rings. The summed E-state index contributed by atoms with van der Waals surface area (Å²) in [6.07, 6.45) is 0.893. The number of halogens is 2. The molecule has 2 N–H and O–H groups in total. The highest BCUT2D eigenvalue weighted by atomic mass is 35.5. The predicted octanol–water partition coefficient (Wildman–Crippen LogP) is 2.82. The Morgan fingerprint density at radius 3 is 2.11 bits per heavy atom. The Labute approximate surface area is 123 Å². The van der Waals surface area contributed by atoms with Crippen LogP contribution < -0.4 is 4.72 Å². The van der Waals surface area contributed by atoms with Crippen molar-refractivity contribution in [3.63, 3.8) is 0 Å². The van der Waals surface area contributed by atoms with Crippen molar-refractivity contribution in [2.45, 2.75) is 37.2 Å². The Hall–Kier alpha value is -0.330. The van der Waals surface area contributed by atoms with Gasteiger partial charge in [0, 0.05) is 6.54 Å². The van der Waals surface area contributed by atoms with Gasteiger partial charge in [0.25, 0.3) is 0 Å². The van der Waals surface area contributed by atoms with Gasteiger partial charge in [0.2, 0.25) is 10.0 Å². The summed E-state index contributed by atoms with van der Waals surface area (Å²) in [5, 5.41) is 10.2. The highest BCUT2D eigenvalue weighted by molar-refractivity contribution is 7.89. The first-order chi connectivity index (χ1) is 8.75. The van der Waals surface area contributed by atoms with Gasteiger partial charge in [0.1, 0.15) is 4.90 Å². The lowest BCUT2D eigenvalue weighted by molar-refractivity contribution is 0.0377. The maximum atomic E-state index is 12.2. The van der Waals surface area contributed by atoms with Gasteiger partial charge in [-0.15, -0.1) is 0 Å². The minimum absolute atomic E-state index is 0.0523. The molecule has 0 saturated heterocycles. The Morgan fingerprint density at radius 1 is 1.21 bits per heavy atom. The van der Waals surface area contributed by atoms with E-state index in [1.165, 1.54) is 12.1 Å². The number of hydrogen-bond acceptors (Lipinski definition) is 3. The van der Waals surface area contributed by atoms with E-state index in [4.69, 9.17) is 23.2 Å². The molecule has 0 radical (unpaired) electrons. The van der Waals surface area contributed by atoms with Crippen LogP contribution in [0.15, 0.2) is 23.1 Å². The van der Waals surface area contributed by atoms with Crippen LogP contribution in [0.25, 0.3) is 0 Å². The summed E-state index contributed by atoms with van der Waals surface area (Å²) in [7, 11) is -3.85. The molecule has 0 atom stereocenters. The highest BCUT2D eigenvalue weighted by Gasteiger charge is 2.27. The summed E-state index contributed by atoms with van der Waals surface area (Å²) >= 11 is 11.7. The van der Waals surface area contributed by atoms with Crippen molar-refractivity contribution in [2.24, 2.45) is 0 Å². The Kier molecular flexibility index (Phi) is 5.65. The smallest absolute Gasteiger partial charge is 0.243 e. The fraction of sp³-hybridized carbons (Fsp3) is 0.500. The number of nitrogens with one attached hydrogen (secondary N) is 1. The summed E-state index contributed by atoms with van der Waals surface area (Å²) in [5.74, 6) is 0. The molecule has 0 saturated carbocycles. The van der Waals surface area contributed by atoms with Crippen molar-refractivity contribution < 1.29 is 13.5 Å². The first-order valence-corrected chi connectivity index (χ1v) is 8.15. The molecule has 0 aliphatic rings. The van der Waals surface area contributed by atoms with E-state index >= 15 is 0 Å². The quantitative estimate of drug-likeness (QED) is 0.845. The predicted molar refractivity (Wildman–Crippen MR) is 77.2 cm³/mol. The zero-order valence-electron chi connectivity index (χ0n) is 10.8. The van der Waals surface area contributed by atoms with Gasteiger partial charge in [-0.25, -0.2) is 13.1 Å². The number of rotatable bonds is 6. The Balaban J connectivity index is 3.00. The fourth-order valence-corrected chi connectivity index (χ4v) is 3.80. The molecule has 1 aromatic carbocycles. The van der Waals surface area contributed by atoms with E-state index in [1.807, 2.05) is 0 Å². The molecule has 0 aliphatic carbocycles. The van der Waals surface area contributed by atoms with Crippen LogP contribution >= 0.6 is 23.2 Å². The molecule has 7 heteroatoms. The molecule has 108 valence electrons. The highest BCUT2D eigenvalue weighted by Crippen LogP contribution is 2.29. The van der Waals surface area contributed by atoms with Gasteiger partial charge in [0.15, 0.2) is 0 Å². The van der Waals surface area contributed by atoms with Crippen LogP contribution in [-0.4, -0.2) is 25.7 Å². The largest absolute Gasteiger partial charge is 0.389 e. The Bertz CT molecular complexity index is 522. The van der Waals surface area contributed by atoms with Gasteiger partial charge < -0.3 is 5.11 Å². The molecule has 0 amide bonds. The van der Waals surface area contributed by atoms with E-state index in [1.54, 1.807) is 19.9 Å². The van der Waals surface area contributed by atoms with Crippen LogP contribution in [0.3, 0.4) is 0 Å². The number of sulfonamides is 1. The van der Waals surface area contributed by atoms with E-state index in [0.717, 1.165) is 0 Å². The molecule has 0 fully saturated rings. The van der Waals surface area contributed by atoms with Gasteiger partial charge in [0.05, 0.1) is 15.6 Å². The van der Waals surface area contributed by atoms with Crippen molar-refractivity contribution in [3.05, 3.63) is 28.2 Å². The fourth-order valence-electron chi connectivity index (χ4n) is 1.54. The number of benzene rings is 1. The molecular weight excluding hydrogens is 309 g/mol. The molecule has 0 unspecified atom stereocenters. The van der Waals surface area contributed by atoms with Crippen LogP contribution in [0.4, 0.5) is 0 Å². The van der Waals surface area contributed by atoms with Crippen LogP contribution in [0.1, 0.15) is 26.7 Å². The lowest BCUT2D eigenvalue weighted by Crippen LogP contribution is -2.42. The van der Waals surface area contributed by atoms with Crippen molar-refractivity contribution >= 4 is 33.2 Å². The van der Waals surface area contributed by atoms with Crippen molar-refractivity contribution in [3.8, 4) is 0 Å². The van der Waals surface area contributed by atoms with Crippen LogP contribution in [0.2, 0.25) is 10.0 Å². The van der Waals surface area contributed by atoms with Crippen LogP contribution in [0.5, 0.6) is 0 Å². The lowest BCUT2D eigenvalue weighted by Gasteiger charge is -2.25. The third-order valence-electron chi connectivity index (χ3n) is 3.10. The van der Waals surface area contributed by atoms with E-state index < -0.39 is 15.6 Å². The summed E-state index contributed by atoms with van der Waals surface area (Å²) in [5.41, 5.74) is -1.07. The topological polar surface area (TPSA) is 66.4 Å². The normalized spacial score (nSPS) is 12.7. The van der Waals surface area contributed by atoms with Crippen LogP contribution in [0, 0.1) is 0 Å². The maximum absolute atomic E-state index is 12.2. The average Bonchev–Trinajstić information content (AvgIpc) is 2.35. The molecular formula is C12H17Cl2NO3S. The van der Waals surface area contributed by atoms with Crippen molar-refractivity contribution in [1.29, 1.82) is 0 Å². The zero-order chi connectivity index (χ0) is 14.7. The zero-order valence-corrected chi connectivity index (χ0v) is 13.1. The number of hydrogen-bond donors (Lipinski definition) is 2. The second kappa shape index (κ2) is 6.41. The van der Waals surface area contributed by atoms with Gasteiger partial charge >= 0.3 is 0 Å². The van der Waals surface area contributed by atoms with E-state index in [-0.39, 0.29) is 21.5 Å².